The Kier molecular flexibility index (Phi) is 3.11. The molecular formula is C20H15NO. The third-order valence-electron chi connectivity index (χ3n) is 4.02. The smallest absolute Gasteiger partial charge is 0.136 e. The fourth-order valence-corrected chi connectivity index (χ4v) is 2.83. The zero-order valence-electron chi connectivity index (χ0n) is 12.0. The van der Waals surface area contributed by atoms with E-state index in [1.165, 1.54) is 0 Å². The van der Waals surface area contributed by atoms with Crippen LogP contribution in [0, 0.1) is 5.21 Å². The molecule has 0 aliphatic rings. The van der Waals surface area contributed by atoms with Crippen molar-refractivity contribution in [3.05, 3.63) is 90.1 Å². The molecular weight excluding hydrogens is 270 g/mol. The summed E-state index contributed by atoms with van der Waals surface area (Å²) >= 11 is 0. The molecule has 0 fully saturated rings. The second-order valence-corrected chi connectivity index (χ2v) is 5.45. The van der Waals surface area contributed by atoms with Crippen LogP contribution in [0.15, 0.2) is 84.9 Å². The first-order chi connectivity index (χ1) is 10.8. The molecule has 0 heterocycles. The molecule has 0 aliphatic heterocycles. The zero-order chi connectivity index (χ0) is 14.9. The van der Waals surface area contributed by atoms with Crippen LogP contribution in [-0.4, -0.2) is 0 Å². The van der Waals surface area contributed by atoms with E-state index in [0.717, 1.165) is 32.9 Å². The van der Waals surface area contributed by atoms with Crippen LogP contribution in [-0.2, 0) is 0 Å². The van der Waals surface area contributed by atoms with Crippen LogP contribution in [0.5, 0.6) is 0 Å². The minimum absolute atomic E-state index is 0.0662. The van der Waals surface area contributed by atoms with Gasteiger partial charge < -0.3 is 10.3 Å². The van der Waals surface area contributed by atoms with Crippen LogP contribution in [0.3, 0.4) is 0 Å². The van der Waals surface area contributed by atoms with Gasteiger partial charge in [0, 0.05) is 24.3 Å². The molecule has 0 saturated carbocycles. The maximum absolute atomic E-state index is 12.7. The molecule has 4 rings (SSSR count). The SMILES string of the molecule is [O-][NH+](c1ccc2ccccc2c1)c1ccc2ccccc2c1. The average molecular weight is 285 g/mol. The van der Waals surface area contributed by atoms with Crippen molar-refractivity contribution in [1.82, 2.24) is 0 Å². The summed E-state index contributed by atoms with van der Waals surface area (Å²) in [4.78, 5) is 0. The van der Waals surface area contributed by atoms with Crippen LogP contribution in [0.4, 0.5) is 11.4 Å². The van der Waals surface area contributed by atoms with Gasteiger partial charge in [0.25, 0.3) is 0 Å². The molecule has 0 amide bonds. The van der Waals surface area contributed by atoms with Crippen molar-refractivity contribution in [2.24, 2.45) is 0 Å². The molecule has 4 aromatic carbocycles. The molecule has 22 heavy (non-hydrogen) atoms. The lowest BCUT2D eigenvalue weighted by Gasteiger charge is -2.22. The Balaban J connectivity index is 1.78. The molecule has 1 N–H and O–H groups in total. The third kappa shape index (κ3) is 2.25. The Labute approximate surface area is 128 Å². The van der Waals surface area contributed by atoms with E-state index >= 15 is 0 Å². The summed E-state index contributed by atoms with van der Waals surface area (Å²) < 4.78 is 0. The summed E-state index contributed by atoms with van der Waals surface area (Å²) in [6.07, 6.45) is 0. The Bertz CT molecular complexity index is 882. The average Bonchev–Trinajstić information content (AvgIpc) is 2.60. The number of nitrogens with one attached hydrogen (secondary N) is 1. The molecule has 0 radical (unpaired) electrons. The standard InChI is InChI=1S/C20H15NO/c22-21(19-11-9-15-5-1-3-7-17(15)13-19)20-12-10-16-6-2-4-8-18(16)14-20/h1-14,21H. The highest BCUT2D eigenvalue weighted by Gasteiger charge is 2.08. The molecule has 0 atom stereocenters. The van der Waals surface area contributed by atoms with E-state index in [9.17, 15) is 5.21 Å². The highest BCUT2D eigenvalue weighted by Crippen LogP contribution is 2.20. The van der Waals surface area contributed by atoms with Gasteiger partial charge >= 0.3 is 0 Å². The maximum atomic E-state index is 12.7. The van der Waals surface area contributed by atoms with Gasteiger partial charge in [0.2, 0.25) is 0 Å². The summed E-state index contributed by atoms with van der Waals surface area (Å²) in [5, 5.41) is 17.3. The van der Waals surface area contributed by atoms with Crippen LogP contribution < -0.4 is 5.06 Å². The topological polar surface area (TPSA) is 27.5 Å². The Hall–Kier alpha value is -2.68. The van der Waals surface area contributed by atoms with Crippen LogP contribution in [0.1, 0.15) is 0 Å². The van der Waals surface area contributed by atoms with Crippen LogP contribution in [0.25, 0.3) is 21.5 Å². The van der Waals surface area contributed by atoms with Crippen molar-refractivity contribution in [3.63, 3.8) is 0 Å². The Morgan fingerprint density at radius 2 is 0.909 bits per heavy atom. The summed E-state index contributed by atoms with van der Waals surface area (Å²) in [5.41, 5.74) is 1.46. The van der Waals surface area contributed by atoms with Gasteiger partial charge in [-0.1, -0.05) is 48.5 Å². The number of hydrogen-bond acceptors (Lipinski definition) is 1. The minimum atomic E-state index is 0.0662. The maximum Gasteiger partial charge on any atom is 0.136 e. The number of fused-ring (bicyclic) bond motifs is 2. The molecule has 0 saturated heterocycles. The predicted octanol–water partition coefficient (Wildman–Crippen LogP) is 4.34. The summed E-state index contributed by atoms with van der Waals surface area (Å²) in [7, 11) is 0. The highest BCUT2D eigenvalue weighted by atomic mass is 16.5. The van der Waals surface area contributed by atoms with Gasteiger partial charge in [0.1, 0.15) is 11.4 Å². The summed E-state index contributed by atoms with van der Waals surface area (Å²) in [5.74, 6) is 0. The monoisotopic (exact) mass is 285 g/mol. The lowest BCUT2D eigenvalue weighted by atomic mass is 10.1. The minimum Gasteiger partial charge on any atom is -0.623 e. The van der Waals surface area contributed by atoms with Gasteiger partial charge in [-0.2, -0.15) is 0 Å². The summed E-state index contributed by atoms with van der Waals surface area (Å²) in [6, 6.07) is 27.9. The first kappa shape index (κ1) is 13.0. The van der Waals surface area contributed by atoms with E-state index < -0.39 is 0 Å². The molecule has 0 bridgehead atoms. The number of hydrogen-bond donors (Lipinski definition) is 1. The second kappa shape index (κ2) is 5.26. The fraction of sp³-hybridized carbons (Fsp3) is 0. The highest BCUT2D eigenvalue weighted by molar-refractivity contribution is 5.86. The molecule has 106 valence electrons. The van der Waals surface area contributed by atoms with Gasteiger partial charge in [-0.25, -0.2) is 0 Å². The molecule has 2 nitrogen and oxygen atoms in total. The number of quaternary nitrogens is 1. The van der Waals surface area contributed by atoms with Crippen molar-refractivity contribution in [2.45, 2.75) is 0 Å². The van der Waals surface area contributed by atoms with Crippen molar-refractivity contribution in [2.75, 3.05) is 0 Å². The molecule has 4 aromatic rings. The summed E-state index contributed by atoms with van der Waals surface area (Å²) in [6.45, 7) is 0. The quantitative estimate of drug-likeness (QED) is 0.545. The van der Waals surface area contributed by atoms with Crippen molar-refractivity contribution >= 4 is 32.9 Å². The van der Waals surface area contributed by atoms with Gasteiger partial charge in [-0.3, -0.25) is 0 Å². The van der Waals surface area contributed by atoms with Crippen molar-refractivity contribution in [3.8, 4) is 0 Å². The molecule has 0 spiro atoms. The van der Waals surface area contributed by atoms with E-state index in [1.54, 1.807) is 0 Å². The second-order valence-electron chi connectivity index (χ2n) is 5.45. The van der Waals surface area contributed by atoms with Crippen LogP contribution in [0.2, 0.25) is 0 Å². The largest absolute Gasteiger partial charge is 0.623 e. The van der Waals surface area contributed by atoms with E-state index in [0.29, 0.717) is 0 Å². The fourth-order valence-electron chi connectivity index (χ4n) is 2.83. The van der Waals surface area contributed by atoms with Crippen molar-refractivity contribution in [1.29, 1.82) is 0 Å². The first-order valence-corrected chi connectivity index (χ1v) is 7.33. The van der Waals surface area contributed by atoms with Gasteiger partial charge in [0.05, 0.1) is 0 Å². The zero-order valence-corrected chi connectivity index (χ0v) is 12.0. The van der Waals surface area contributed by atoms with Gasteiger partial charge in [-0.15, -0.1) is 0 Å². The lowest BCUT2D eigenvalue weighted by molar-refractivity contribution is -0.698. The van der Waals surface area contributed by atoms with Gasteiger partial charge in [0.15, 0.2) is 0 Å². The normalized spacial score (nSPS) is 11.4. The van der Waals surface area contributed by atoms with E-state index in [1.807, 2.05) is 72.8 Å². The lowest BCUT2D eigenvalue weighted by Crippen LogP contribution is -2.96. The predicted molar refractivity (Wildman–Crippen MR) is 91.5 cm³/mol. The Morgan fingerprint density at radius 1 is 0.500 bits per heavy atom. The van der Waals surface area contributed by atoms with Crippen molar-refractivity contribution < 1.29 is 5.06 Å². The number of rotatable bonds is 2. The van der Waals surface area contributed by atoms with E-state index in [2.05, 4.69) is 12.1 Å². The third-order valence-corrected chi connectivity index (χ3v) is 4.02. The number of benzene rings is 4. The van der Waals surface area contributed by atoms with Gasteiger partial charge in [-0.05, 0) is 33.7 Å². The molecule has 0 aliphatic carbocycles. The molecule has 0 aromatic heterocycles. The molecule has 0 unspecified atom stereocenters. The van der Waals surface area contributed by atoms with E-state index in [4.69, 9.17) is 0 Å². The Morgan fingerprint density at radius 3 is 1.36 bits per heavy atom. The van der Waals surface area contributed by atoms with Crippen LogP contribution >= 0.6 is 0 Å². The van der Waals surface area contributed by atoms with E-state index in [-0.39, 0.29) is 5.06 Å². The molecule has 2 heteroatoms. The first-order valence-electron chi connectivity index (χ1n) is 7.33.